The topological polar surface area (TPSA) is 98.2 Å². The van der Waals surface area contributed by atoms with Crippen LogP contribution < -0.4 is 4.90 Å². The van der Waals surface area contributed by atoms with Gasteiger partial charge in [0.15, 0.2) is 0 Å². The molecular formula is C23H24N6O2. The van der Waals surface area contributed by atoms with Gasteiger partial charge < -0.3 is 19.9 Å². The fourth-order valence-electron chi connectivity index (χ4n) is 4.43. The second kappa shape index (κ2) is 7.31. The van der Waals surface area contributed by atoms with Crippen molar-refractivity contribution in [2.45, 2.75) is 18.9 Å². The summed E-state index contributed by atoms with van der Waals surface area (Å²) in [7, 11) is 1.73. The van der Waals surface area contributed by atoms with Gasteiger partial charge in [-0.05, 0) is 43.7 Å². The molecule has 0 spiro atoms. The van der Waals surface area contributed by atoms with E-state index in [-0.39, 0.29) is 12.5 Å². The highest BCUT2D eigenvalue weighted by molar-refractivity contribution is 5.97. The van der Waals surface area contributed by atoms with Crippen LogP contribution >= 0.6 is 0 Å². The first-order valence-corrected chi connectivity index (χ1v) is 10.3. The van der Waals surface area contributed by atoms with Gasteiger partial charge >= 0.3 is 0 Å². The Labute approximate surface area is 179 Å². The second-order valence-electron chi connectivity index (χ2n) is 8.37. The van der Waals surface area contributed by atoms with Gasteiger partial charge in [-0.15, -0.1) is 0 Å². The maximum absolute atomic E-state index is 13.0. The molecule has 8 nitrogen and oxygen atoms in total. The Morgan fingerprint density at radius 1 is 1.29 bits per heavy atom. The van der Waals surface area contributed by atoms with Gasteiger partial charge in [0.2, 0.25) is 0 Å². The number of pyridine rings is 2. The third kappa shape index (κ3) is 3.59. The Bertz CT molecular complexity index is 1290. The van der Waals surface area contributed by atoms with Gasteiger partial charge in [-0.2, -0.15) is 0 Å². The zero-order valence-corrected chi connectivity index (χ0v) is 17.5. The predicted molar refractivity (Wildman–Crippen MR) is 119 cm³/mol. The van der Waals surface area contributed by atoms with Gasteiger partial charge in [0.05, 0.1) is 29.4 Å². The smallest absolute Gasteiger partial charge is 0.253 e. The molecule has 31 heavy (non-hydrogen) atoms. The van der Waals surface area contributed by atoms with Gasteiger partial charge in [0.1, 0.15) is 5.60 Å². The van der Waals surface area contributed by atoms with Crippen molar-refractivity contribution in [3.8, 4) is 0 Å². The number of likely N-dealkylation sites (N-methyl/N-ethyl adjacent to an activating group) is 1. The van der Waals surface area contributed by atoms with Crippen LogP contribution in [0.2, 0.25) is 0 Å². The number of nitrogens with one attached hydrogen (secondary N) is 1. The van der Waals surface area contributed by atoms with E-state index >= 15 is 0 Å². The number of rotatable bonds is 4. The first-order chi connectivity index (χ1) is 14.9. The summed E-state index contributed by atoms with van der Waals surface area (Å²) in [5.74, 6) is -0.127. The van der Waals surface area contributed by atoms with Gasteiger partial charge in [0.25, 0.3) is 5.91 Å². The number of benzene rings is 1. The van der Waals surface area contributed by atoms with Crippen LogP contribution in [0.25, 0.3) is 21.9 Å². The van der Waals surface area contributed by atoms with E-state index in [2.05, 4.69) is 24.8 Å². The maximum atomic E-state index is 13.0. The summed E-state index contributed by atoms with van der Waals surface area (Å²) in [6.45, 7) is 3.36. The standard InChI is InChI=1S/C23H24N6O2/c1-15-9-21(17-11-24-7-5-18(17)27-15)29-8-6-23(31,13-29)12-28(2)22(30)16-3-4-19-20(10-16)26-14-25-19/h3-5,7,9-11,14,31H,6,8,12-13H2,1-2H3,(H,25,26)/t23-/m1/s1. The van der Waals surface area contributed by atoms with Crippen LogP contribution in [0.15, 0.2) is 49.1 Å². The number of hydrogen-bond acceptors (Lipinski definition) is 6. The molecule has 158 valence electrons. The molecule has 8 heteroatoms. The molecule has 1 aliphatic rings. The number of H-pyrrole nitrogens is 1. The molecule has 1 saturated heterocycles. The van der Waals surface area contributed by atoms with Crippen molar-refractivity contribution < 1.29 is 9.90 Å². The normalized spacial score (nSPS) is 18.7. The van der Waals surface area contributed by atoms with Gasteiger partial charge in [-0.25, -0.2) is 4.98 Å². The van der Waals surface area contributed by atoms with Crippen LogP contribution in [0, 0.1) is 6.92 Å². The van der Waals surface area contributed by atoms with Crippen LogP contribution in [-0.4, -0.2) is 68.1 Å². The van der Waals surface area contributed by atoms with Crippen molar-refractivity contribution in [3.05, 3.63) is 60.3 Å². The van der Waals surface area contributed by atoms with Gasteiger partial charge in [0, 0.05) is 54.9 Å². The molecule has 3 aromatic heterocycles. The lowest BCUT2D eigenvalue weighted by Gasteiger charge is -2.29. The second-order valence-corrected chi connectivity index (χ2v) is 8.37. The van der Waals surface area contributed by atoms with E-state index in [1.807, 2.05) is 31.3 Å². The van der Waals surface area contributed by atoms with Crippen molar-refractivity contribution in [2.24, 2.45) is 0 Å². The molecule has 1 atom stereocenters. The number of fused-ring (bicyclic) bond motifs is 2. The SMILES string of the molecule is Cc1cc(N2CC[C@@](O)(CN(C)C(=O)c3ccc4nc[nH]c4c3)C2)c2cnccc2n1. The lowest BCUT2D eigenvalue weighted by atomic mass is 10.0. The van der Waals surface area contributed by atoms with E-state index in [9.17, 15) is 9.90 Å². The fourth-order valence-corrected chi connectivity index (χ4v) is 4.43. The molecule has 0 unspecified atom stereocenters. The van der Waals surface area contributed by atoms with E-state index in [0.717, 1.165) is 33.3 Å². The number of amides is 1. The number of aliphatic hydroxyl groups is 1. The highest BCUT2D eigenvalue weighted by Crippen LogP contribution is 2.32. The number of aryl methyl sites for hydroxylation is 1. The first kappa shape index (κ1) is 19.4. The number of β-amino-alcohol motifs (C(OH)–C–C–N with tert-alkyl or cyclic N) is 1. The molecule has 5 rings (SSSR count). The summed E-state index contributed by atoms with van der Waals surface area (Å²) in [6, 6.07) is 9.32. The summed E-state index contributed by atoms with van der Waals surface area (Å²) in [4.78, 5) is 32.8. The third-order valence-corrected chi connectivity index (χ3v) is 5.93. The average molecular weight is 416 g/mol. The molecule has 0 radical (unpaired) electrons. The first-order valence-electron chi connectivity index (χ1n) is 10.3. The Balaban J connectivity index is 1.34. The summed E-state index contributed by atoms with van der Waals surface area (Å²) in [5.41, 5.74) is 4.04. The van der Waals surface area contributed by atoms with Crippen LogP contribution in [0.4, 0.5) is 5.69 Å². The summed E-state index contributed by atoms with van der Waals surface area (Å²) >= 11 is 0. The fraction of sp³-hybridized carbons (Fsp3) is 0.304. The zero-order valence-electron chi connectivity index (χ0n) is 17.5. The van der Waals surface area contributed by atoms with Gasteiger partial charge in [-0.1, -0.05) is 0 Å². The lowest BCUT2D eigenvalue weighted by molar-refractivity contribution is 0.0265. The zero-order chi connectivity index (χ0) is 21.6. The average Bonchev–Trinajstić information content (AvgIpc) is 3.38. The Kier molecular flexibility index (Phi) is 4.59. The molecule has 1 fully saturated rings. The van der Waals surface area contributed by atoms with Crippen molar-refractivity contribution in [1.82, 2.24) is 24.8 Å². The van der Waals surface area contributed by atoms with Crippen LogP contribution in [0.3, 0.4) is 0 Å². The molecule has 4 heterocycles. The molecule has 0 saturated carbocycles. The maximum Gasteiger partial charge on any atom is 0.253 e. The number of nitrogens with zero attached hydrogens (tertiary/aromatic N) is 5. The van der Waals surface area contributed by atoms with Crippen LogP contribution in [-0.2, 0) is 0 Å². The molecule has 4 aromatic rings. The highest BCUT2D eigenvalue weighted by atomic mass is 16.3. The lowest BCUT2D eigenvalue weighted by Crippen LogP contribution is -2.45. The molecule has 2 N–H and O–H groups in total. The molecular weight excluding hydrogens is 392 g/mol. The van der Waals surface area contributed by atoms with E-state index in [1.54, 1.807) is 36.6 Å². The van der Waals surface area contributed by atoms with Gasteiger partial charge in [-0.3, -0.25) is 14.8 Å². The Morgan fingerprint density at radius 2 is 2.16 bits per heavy atom. The number of aromatic nitrogens is 4. The molecule has 0 bridgehead atoms. The number of carbonyl (C=O) groups is 1. The summed E-state index contributed by atoms with van der Waals surface area (Å²) < 4.78 is 0. The van der Waals surface area contributed by atoms with E-state index in [4.69, 9.17) is 0 Å². The number of imidazole rings is 1. The summed E-state index contributed by atoms with van der Waals surface area (Å²) in [5, 5.41) is 12.3. The van der Waals surface area contributed by atoms with Crippen molar-refractivity contribution >= 4 is 33.5 Å². The number of hydrogen-bond donors (Lipinski definition) is 2. The largest absolute Gasteiger partial charge is 0.386 e. The van der Waals surface area contributed by atoms with Crippen molar-refractivity contribution in [3.63, 3.8) is 0 Å². The van der Waals surface area contributed by atoms with Crippen LogP contribution in [0.5, 0.6) is 0 Å². The Morgan fingerprint density at radius 3 is 3.03 bits per heavy atom. The molecule has 1 aromatic carbocycles. The van der Waals surface area contributed by atoms with E-state index in [0.29, 0.717) is 25.1 Å². The minimum atomic E-state index is -0.992. The molecule has 0 aliphatic carbocycles. The molecule has 1 amide bonds. The number of anilines is 1. The van der Waals surface area contributed by atoms with Crippen molar-refractivity contribution in [2.75, 3.05) is 31.6 Å². The quantitative estimate of drug-likeness (QED) is 0.531. The summed E-state index contributed by atoms with van der Waals surface area (Å²) in [6.07, 6.45) is 5.74. The van der Waals surface area contributed by atoms with Crippen LogP contribution in [0.1, 0.15) is 22.5 Å². The van der Waals surface area contributed by atoms with E-state index < -0.39 is 5.60 Å². The van der Waals surface area contributed by atoms with Crippen molar-refractivity contribution in [1.29, 1.82) is 0 Å². The number of carbonyl (C=O) groups excluding carboxylic acids is 1. The molecule has 1 aliphatic heterocycles. The Hall–Kier alpha value is -3.52. The minimum absolute atomic E-state index is 0.127. The minimum Gasteiger partial charge on any atom is -0.386 e. The number of aromatic amines is 1. The predicted octanol–water partition coefficient (Wildman–Crippen LogP) is 2.53. The highest BCUT2D eigenvalue weighted by Gasteiger charge is 2.38. The monoisotopic (exact) mass is 416 g/mol. The third-order valence-electron chi connectivity index (χ3n) is 5.93. The van der Waals surface area contributed by atoms with E-state index in [1.165, 1.54) is 0 Å².